The van der Waals surface area contributed by atoms with Crippen LogP contribution in [-0.4, -0.2) is 48.9 Å². The van der Waals surface area contributed by atoms with E-state index in [0.29, 0.717) is 13.0 Å². The zero-order valence-corrected chi connectivity index (χ0v) is 18.5. The van der Waals surface area contributed by atoms with Crippen molar-refractivity contribution >= 4 is 0 Å². The normalized spacial score (nSPS) is 34.4. The second-order valence-corrected chi connectivity index (χ2v) is 9.19. The molecule has 6 nitrogen and oxygen atoms in total. The van der Waals surface area contributed by atoms with Gasteiger partial charge >= 0.3 is 0 Å². The number of ether oxygens (including phenoxy) is 6. The molecule has 0 N–H and O–H groups in total. The molecule has 3 heterocycles. The zero-order valence-electron chi connectivity index (χ0n) is 18.5. The second kappa shape index (κ2) is 8.45. The van der Waals surface area contributed by atoms with Gasteiger partial charge in [0.05, 0.1) is 13.2 Å². The third kappa shape index (κ3) is 4.56. The third-order valence-electron chi connectivity index (χ3n) is 5.85. The number of benzene rings is 1. The average molecular weight is 425 g/mol. The lowest BCUT2D eigenvalue weighted by atomic mass is 10.0. The molecule has 0 aliphatic carbocycles. The van der Waals surface area contributed by atoms with Crippen LogP contribution in [0.4, 0.5) is 4.39 Å². The average Bonchev–Trinajstić information content (AvgIpc) is 3.28. The maximum absolute atomic E-state index is 14.4. The number of hydrogen-bond donors (Lipinski definition) is 0. The fourth-order valence-corrected chi connectivity index (χ4v) is 4.43. The van der Waals surface area contributed by atoms with Gasteiger partial charge in [-0.1, -0.05) is 25.5 Å². The lowest BCUT2D eigenvalue weighted by molar-refractivity contribution is -0.236. The van der Waals surface area contributed by atoms with Crippen LogP contribution in [0.3, 0.4) is 0 Å². The summed E-state index contributed by atoms with van der Waals surface area (Å²) in [7, 11) is 0. The van der Waals surface area contributed by atoms with E-state index in [1.165, 1.54) is 6.07 Å². The molecule has 168 valence electrons. The molecule has 0 radical (unpaired) electrons. The predicted molar refractivity (Wildman–Crippen MR) is 107 cm³/mol. The molecular weight excluding hydrogens is 391 g/mol. The van der Waals surface area contributed by atoms with E-state index in [1.807, 2.05) is 33.8 Å². The van der Waals surface area contributed by atoms with Crippen molar-refractivity contribution < 1.29 is 32.8 Å². The zero-order chi connectivity index (χ0) is 21.5. The number of halogens is 1. The summed E-state index contributed by atoms with van der Waals surface area (Å²) < 4.78 is 50.7. The monoisotopic (exact) mass is 424 g/mol. The minimum Gasteiger partial charge on any atom is -0.368 e. The summed E-state index contributed by atoms with van der Waals surface area (Å²) in [4.78, 5) is 0. The lowest BCUT2D eigenvalue weighted by Gasteiger charge is -2.29. The molecule has 7 heteroatoms. The van der Waals surface area contributed by atoms with Gasteiger partial charge in [0.25, 0.3) is 0 Å². The van der Waals surface area contributed by atoms with E-state index in [2.05, 4.69) is 6.92 Å². The highest BCUT2D eigenvalue weighted by Gasteiger charge is 2.58. The third-order valence-corrected chi connectivity index (χ3v) is 5.85. The van der Waals surface area contributed by atoms with Crippen molar-refractivity contribution in [3.05, 3.63) is 35.1 Å². The first-order chi connectivity index (χ1) is 14.2. The summed E-state index contributed by atoms with van der Waals surface area (Å²) in [5.41, 5.74) is 1.57. The highest BCUT2D eigenvalue weighted by Crippen LogP contribution is 2.42. The summed E-state index contributed by atoms with van der Waals surface area (Å²) in [6.45, 7) is 10.2. The molecule has 0 aromatic heterocycles. The first-order valence-electron chi connectivity index (χ1n) is 10.9. The number of hydrogen-bond acceptors (Lipinski definition) is 6. The van der Waals surface area contributed by atoms with E-state index in [-0.39, 0.29) is 24.6 Å². The van der Waals surface area contributed by atoms with Crippen LogP contribution in [0.15, 0.2) is 18.2 Å². The van der Waals surface area contributed by atoms with Crippen molar-refractivity contribution in [2.75, 3.05) is 6.61 Å². The van der Waals surface area contributed by atoms with Gasteiger partial charge in [-0.2, -0.15) is 0 Å². The molecule has 3 aliphatic heterocycles. The van der Waals surface area contributed by atoms with Gasteiger partial charge in [0.2, 0.25) is 0 Å². The highest BCUT2D eigenvalue weighted by molar-refractivity contribution is 5.28. The Morgan fingerprint density at radius 1 is 1.07 bits per heavy atom. The summed E-state index contributed by atoms with van der Waals surface area (Å²) in [5.74, 6) is -1.61. The van der Waals surface area contributed by atoms with Crippen molar-refractivity contribution in [1.82, 2.24) is 0 Å². The molecule has 0 unspecified atom stereocenters. The molecular formula is C23H33FO6. The van der Waals surface area contributed by atoms with Crippen molar-refractivity contribution in [3.63, 3.8) is 0 Å². The van der Waals surface area contributed by atoms with Crippen molar-refractivity contribution in [2.24, 2.45) is 0 Å². The Kier molecular flexibility index (Phi) is 6.23. The fraction of sp³-hybridized carbons (Fsp3) is 0.739. The van der Waals surface area contributed by atoms with Gasteiger partial charge in [-0.15, -0.1) is 0 Å². The van der Waals surface area contributed by atoms with E-state index in [1.54, 1.807) is 6.07 Å². The van der Waals surface area contributed by atoms with Crippen molar-refractivity contribution in [3.8, 4) is 0 Å². The number of unbranched alkanes of at least 4 members (excludes halogenated alkanes) is 1. The molecule has 3 aliphatic rings. The number of fused-ring (bicyclic) bond motifs is 1. The van der Waals surface area contributed by atoms with E-state index in [0.717, 1.165) is 24.0 Å². The van der Waals surface area contributed by atoms with Gasteiger partial charge in [-0.25, -0.2) is 4.39 Å². The van der Waals surface area contributed by atoms with Gasteiger partial charge < -0.3 is 28.4 Å². The van der Waals surface area contributed by atoms with Crippen LogP contribution in [-0.2, 0) is 41.4 Å². The molecule has 0 amide bonds. The van der Waals surface area contributed by atoms with Gasteiger partial charge in [0, 0.05) is 0 Å². The summed E-state index contributed by atoms with van der Waals surface area (Å²) in [5, 5.41) is 0. The van der Waals surface area contributed by atoms with Crippen LogP contribution in [0.2, 0.25) is 0 Å². The first kappa shape index (κ1) is 22.1. The molecule has 4 rings (SSSR count). The van der Waals surface area contributed by atoms with Gasteiger partial charge in [-0.3, -0.25) is 0 Å². The minimum atomic E-state index is -0.751. The summed E-state index contributed by atoms with van der Waals surface area (Å²) in [6, 6.07) is 5.16. The van der Waals surface area contributed by atoms with Crippen LogP contribution >= 0.6 is 0 Å². The predicted octanol–water partition coefficient (Wildman–Crippen LogP) is 4.08. The topological polar surface area (TPSA) is 55.4 Å². The SMILES string of the molecule is CCCCc1c(F)cccc1CO[C@@H]1[C@H]2OC(C)(C)O[C@H]2O[C@@H]1[C@H]1COC(C)(C)O1. The first-order valence-corrected chi connectivity index (χ1v) is 10.9. The van der Waals surface area contributed by atoms with Crippen molar-refractivity contribution in [2.45, 2.75) is 103 Å². The molecule has 1 aromatic carbocycles. The molecule has 0 spiro atoms. The lowest BCUT2D eigenvalue weighted by Crippen LogP contribution is -2.44. The smallest absolute Gasteiger partial charge is 0.190 e. The largest absolute Gasteiger partial charge is 0.368 e. The van der Waals surface area contributed by atoms with E-state index in [4.69, 9.17) is 28.4 Å². The molecule has 0 bridgehead atoms. The van der Waals surface area contributed by atoms with Gasteiger partial charge in [-0.05, 0) is 57.7 Å². The molecule has 3 fully saturated rings. The molecule has 5 atom stereocenters. The second-order valence-electron chi connectivity index (χ2n) is 9.19. The summed E-state index contributed by atoms with van der Waals surface area (Å²) >= 11 is 0. The molecule has 1 aromatic rings. The highest BCUT2D eigenvalue weighted by atomic mass is 19.1. The Morgan fingerprint density at radius 2 is 1.87 bits per heavy atom. The van der Waals surface area contributed by atoms with E-state index >= 15 is 0 Å². The van der Waals surface area contributed by atoms with Gasteiger partial charge in [0.15, 0.2) is 17.9 Å². The molecule has 30 heavy (non-hydrogen) atoms. The maximum Gasteiger partial charge on any atom is 0.190 e. The Morgan fingerprint density at radius 3 is 2.57 bits per heavy atom. The number of rotatable bonds is 7. The minimum absolute atomic E-state index is 0.183. The fourth-order valence-electron chi connectivity index (χ4n) is 4.43. The van der Waals surface area contributed by atoms with E-state index in [9.17, 15) is 4.39 Å². The Bertz CT molecular complexity index is 751. The Labute approximate surface area is 177 Å². The molecule has 0 saturated carbocycles. The van der Waals surface area contributed by atoms with Crippen LogP contribution < -0.4 is 0 Å². The quantitative estimate of drug-likeness (QED) is 0.657. The van der Waals surface area contributed by atoms with Gasteiger partial charge in [0.1, 0.15) is 30.2 Å². The van der Waals surface area contributed by atoms with Crippen molar-refractivity contribution in [1.29, 1.82) is 0 Å². The Hall–Kier alpha value is -1.09. The van der Waals surface area contributed by atoms with Crippen LogP contribution in [0.25, 0.3) is 0 Å². The standard InChI is InChI=1S/C23H33FO6/c1-6-7-10-15-14(9-8-11-16(15)24)12-25-19-18(17-13-26-22(2,3)28-17)27-21-20(19)29-23(4,5)30-21/h8-9,11,17-21H,6-7,10,12-13H2,1-5H3/t17-,18-,19+,20-,21-/m1/s1. The van der Waals surface area contributed by atoms with E-state index < -0.39 is 30.1 Å². The maximum atomic E-state index is 14.4. The van der Waals surface area contributed by atoms with Crippen LogP contribution in [0, 0.1) is 5.82 Å². The van der Waals surface area contributed by atoms with Crippen LogP contribution in [0.5, 0.6) is 0 Å². The summed E-state index contributed by atoms with van der Waals surface area (Å²) in [6.07, 6.45) is 0.607. The Balaban J connectivity index is 1.52. The molecule has 3 saturated heterocycles. The van der Waals surface area contributed by atoms with Crippen LogP contribution in [0.1, 0.15) is 58.6 Å².